The van der Waals surface area contributed by atoms with Crippen molar-refractivity contribution in [3.8, 4) is 0 Å². The topological polar surface area (TPSA) is 58.4 Å². The Labute approximate surface area is 120 Å². The lowest BCUT2D eigenvalue weighted by Crippen LogP contribution is -2.37. The van der Waals surface area contributed by atoms with Crippen LogP contribution in [0.15, 0.2) is 24.3 Å². The van der Waals surface area contributed by atoms with Gasteiger partial charge in [0, 0.05) is 37.8 Å². The third kappa shape index (κ3) is 4.87. The molecule has 1 atom stereocenters. The van der Waals surface area contributed by atoms with Gasteiger partial charge in [-0.25, -0.2) is 0 Å². The number of thiocarbonyl (C=S) groups is 1. The van der Waals surface area contributed by atoms with E-state index in [1.165, 1.54) is 0 Å². The fraction of sp³-hybridized carbons (Fsp3) is 0.429. The summed E-state index contributed by atoms with van der Waals surface area (Å²) in [7, 11) is 3.93. The number of carbonyl (C=O) groups excluding carboxylic acids is 1. The van der Waals surface area contributed by atoms with Gasteiger partial charge in [0.25, 0.3) is 5.91 Å². The minimum Gasteiger partial charge on any atom is -0.393 e. The maximum atomic E-state index is 12.1. The van der Waals surface area contributed by atoms with Crippen molar-refractivity contribution in [1.82, 2.24) is 5.32 Å². The number of amides is 1. The van der Waals surface area contributed by atoms with E-state index in [2.05, 4.69) is 5.32 Å². The molecule has 0 saturated heterocycles. The molecule has 0 heterocycles. The van der Waals surface area contributed by atoms with Crippen LogP contribution in [0.5, 0.6) is 0 Å². The molecule has 19 heavy (non-hydrogen) atoms. The predicted molar refractivity (Wildman–Crippen MR) is 83.7 cm³/mol. The molecule has 1 rings (SSSR count). The summed E-state index contributed by atoms with van der Waals surface area (Å²) in [5, 5.41) is 2.94. The smallest absolute Gasteiger partial charge is 0.251 e. The fourth-order valence-corrected chi connectivity index (χ4v) is 1.92. The fourth-order valence-electron chi connectivity index (χ4n) is 1.72. The molecule has 1 aromatic rings. The van der Waals surface area contributed by atoms with Gasteiger partial charge in [0.05, 0.1) is 4.99 Å². The lowest BCUT2D eigenvalue weighted by Gasteiger charge is -2.17. The molecule has 0 aromatic heterocycles. The Morgan fingerprint density at radius 2 is 1.95 bits per heavy atom. The second-order valence-electron chi connectivity index (χ2n) is 4.69. The van der Waals surface area contributed by atoms with Crippen LogP contribution in [0.3, 0.4) is 0 Å². The zero-order valence-electron chi connectivity index (χ0n) is 11.6. The Bertz CT molecular complexity index is 443. The zero-order valence-corrected chi connectivity index (χ0v) is 12.5. The molecule has 5 heteroatoms. The van der Waals surface area contributed by atoms with Gasteiger partial charge in [-0.15, -0.1) is 0 Å². The second kappa shape index (κ2) is 7.09. The van der Waals surface area contributed by atoms with E-state index in [1.807, 2.05) is 50.2 Å². The van der Waals surface area contributed by atoms with Crippen molar-refractivity contribution in [2.45, 2.75) is 25.8 Å². The van der Waals surface area contributed by atoms with Crippen LogP contribution in [0.2, 0.25) is 0 Å². The Kier molecular flexibility index (Phi) is 5.76. The maximum Gasteiger partial charge on any atom is 0.251 e. The van der Waals surface area contributed by atoms with Crippen LogP contribution in [0.25, 0.3) is 0 Å². The van der Waals surface area contributed by atoms with Crippen LogP contribution < -0.4 is 16.0 Å². The van der Waals surface area contributed by atoms with Crippen molar-refractivity contribution in [3.05, 3.63) is 29.8 Å². The van der Waals surface area contributed by atoms with Crippen LogP contribution in [0, 0.1) is 0 Å². The van der Waals surface area contributed by atoms with Crippen molar-refractivity contribution in [3.63, 3.8) is 0 Å². The van der Waals surface area contributed by atoms with E-state index < -0.39 is 0 Å². The first kappa shape index (κ1) is 15.4. The number of nitrogens with two attached hydrogens (primary N) is 1. The van der Waals surface area contributed by atoms with Gasteiger partial charge in [-0.05, 0) is 30.7 Å². The molecule has 0 bridgehead atoms. The molecule has 1 amide bonds. The van der Waals surface area contributed by atoms with E-state index in [4.69, 9.17) is 18.0 Å². The largest absolute Gasteiger partial charge is 0.393 e. The van der Waals surface area contributed by atoms with Gasteiger partial charge in [0.15, 0.2) is 0 Å². The molecule has 0 fully saturated rings. The maximum absolute atomic E-state index is 12.1. The van der Waals surface area contributed by atoms with Crippen LogP contribution in [-0.4, -0.2) is 31.0 Å². The lowest BCUT2D eigenvalue weighted by molar-refractivity contribution is 0.0937. The van der Waals surface area contributed by atoms with Gasteiger partial charge in [0.2, 0.25) is 0 Å². The summed E-state index contributed by atoms with van der Waals surface area (Å²) < 4.78 is 0. The third-order valence-corrected chi connectivity index (χ3v) is 3.09. The molecule has 0 spiro atoms. The van der Waals surface area contributed by atoms with Gasteiger partial charge in [-0.3, -0.25) is 4.79 Å². The average molecular weight is 279 g/mol. The summed E-state index contributed by atoms with van der Waals surface area (Å²) in [6, 6.07) is 7.47. The number of hydrogen-bond acceptors (Lipinski definition) is 3. The van der Waals surface area contributed by atoms with Gasteiger partial charge < -0.3 is 16.0 Å². The molecule has 1 unspecified atom stereocenters. The van der Waals surface area contributed by atoms with E-state index in [0.717, 1.165) is 12.1 Å². The highest BCUT2D eigenvalue weighted by Gasteiger charge is 2.13. The molecular weight excluding hydrogens is 258 g/mol. The molecule has 0 radical (unpaired) electrons. The summed E-state index contributed by atoms with van der Waals surface area (Å²) in [6.07, 6.45) is 1.34. The number of rotatable bonds is 6. The molecule has 0 aliphatic rings. The third-order valence-electron chi connectivity index (χ3n) is 2.92. The van der Waals surface area contributed by atoms with Gasteiger partial charge in [-0.1, -0.05) is 19.1 Å². The van der Waals surface area contributed by atoms with Gasteiger partial charge >= 0.3 is 0 Å². The van der Waals surface area contributed by atoms with E-state index >= 15 is 0 Å². The van der Waals surface area contributed by atoms with Crippen LogP contribution in [-0.2, 0) is 0 Å². The van der Waals surface area contributed by atoms with Crippen molar-refractivity contribution >= 4 is 28.8 Å². The molecule has 4 nitrogen and oxygen atoms in total. The lowest BCUT2D eigenvalue weighted by atomic mass is 10.1. The number of carbonyl (C=O) groups is 1. The highest BCUT2D eigenvalue weighted by molar-refractivity contribution is 7.80. The van der Waals surface area contributed by atoms with Gasteiger partial charge in [0.1, 0.15) is 0 Å². The zero-order chi connectivity index (χ0) is 14.4. The highest BCUT2D eigenvalue weighted by atomic mass is 32.1. The molecule has 0 aliphatic carbocycles. The number of anilines is 1. The molecular formula is C14H21N3OS. The first-order valence-corrected chi connectivity index (χ1v) is 6.71. The van der Waals surface area contributed by atoms with Crippen LogP contribution in [0.4, 0.5) is 5.69 Å². The monoisotopic (exact) mass is 279 g/mol. The second-order valence-corrected chi connectivity index (χ2v) is 5.21. The quantitative estimate of drug-likeness (QED) is 0.781. The predicted octanol–water partition coefficient (Wildman–Crippen LogP) is 1.94. The Hall–Kier alpha value is -1.62. The summed E-state index contributed by atoms with van der Waals surface area (Å²) >= 11 is 4.87. The molecule has 0 saturated carbocycles. The molecule has 1 aromatic carbocycles. The Morgan fingerprint density at radius 3 is 2.37 bits per heavy atom. The SMILES string of the molecule is CCC(CC(N)=S)NC(=O)c1ccc(N(C)C)cc1. The van der Waals surface area contributed by atoms with E-state index in [9.17, 15) is 4.79 Å². The summed E-state index contributed by atoms with van der Waals surface area (Å²) in [5.41, 5.74) is 7.22. The number of hydrogen-bond donors (Lipinski definition) is 2. The van der Waals surface area contributed by atoms with Crippen LogP contribution >= 0.6 is 12.2 Å². The molecule has 104 valence electrons. The number of nitrogens with one attached hydrogen (secondary N) is 1. The minimum atomic E-state index is -0.0894. The normalized spacial score (nSPS) is 11.7. The summed E-state index contributed by atoms with van der Waals surface area (Å²) in [6.45, 7) is 2.00. The highest BCUT2D eigenvalue weighted by Crippen LogP contribution is 2.12. The van der Waals surface area contributed by atoms with Crippen molar-refractivity contribution < 1.29 is 4.79 Å². The number of benzene rings is 1. The average Bonchev–Trinajstić information content (AvgIpc) is 2.37. The standard InChI is InChI=1S/C14H21N3OS/c1-4-11(9-13(15)19)16-14(18)10-5-7-12(8-6-10)17(2)3/h5-8,11H,4,9H2,1-3H3,(H2,15,19)(H,16,18). The molecule has 3 N–H and O–H groups in total. The van der Waals surface area contributed by atoms with Crippen molar-refractivity contribution in [2.75, 3.05) is 19.0 Å². The first-order valence-electron chi connectivity index (χ1n) is 6.30. The van der Waals surface area contributed by atoms with E-state index in [0.29, 0.717) is 17.0 Å². The van der Waals surface area contributed by atoms with Crippen LogP contribution in [0.1, 0.15) is 30.1 Å². The molecule has 0 aliphatic heterocycles. The van der Waals surface area contributed by atoms with E-state index in [-0.39, 0.29) is 11.9 Å². The summed E-state index contributed by atoms with van der Waals surface area (Å²) in [4.78, 5) is 14.5. The van der Waals surface area contributed by atoms with E-state index in [1.54, 1.807) is 0 Å². The minimum absolute atomic E-state index is 0.00137. The number of nitrogens with zero attached hydrogens (tertiary/aromatic N) is 1. The van der Waals surface area contributed by atoms with Gasteiger partial charge in [-0.2, -0.15) is 0 Å². The van der Waals surface area contributed by atoms with Crippen molar-refractivity contribution in [2.24, 2.45) is 5.73 Å². The van der Waals surface area contributed by atoms with Crippen molar-refractivity contribution in [1.29, 1.82) is 0 Å². The summed E-state index contributed by atoms with van der Waals surface area (Å²) in [5.74, 6) is -0.0894. The first-order chi connectivity index (χ1) is 8.93. The Morgan fingerprint density at radius 1 is 1.37 bits per heavy atom. The Balaban J connectivity index is 2.69.